The summed E-state index contributed by atoms with van der Waals surface area (Å²) < 4.78 is 0. The van der Waals surface area contributed by atoms with E-state index in [9.17, 15) is 15.3 Å². The molecule has 3 unspecified atom stereocenters. The first-order valence-electron chi connectivity index (χ1n) is 3.98. The minimum absolute atomic E-state index is 0.224. The van der Waals surface area contributed by atoms with Crippen LogP contribution in [0.3, 0.4) is 0 Å². The van der Waals surface area contributed by atoms with Crippen molar-refractivity contribution in [1.29, 1.82) is 0 Å². The fourth-order valence-electron chi connectivity index (χ4n) is 1.55. The van der Waals surface area contributed by atoms with Crippen molar-refractivity contribution in [3.05, 3.63) is 0 Å². The second-order valence-corrected chi connectivity index (χ2v) is 3.31. The van der Waals surface area contributed by atoms with Crippen LogP contribution in [0.2, 0.25) is 0 Å². The van der Waals surface area contributed by atoms with Gasteiger partial charge in [-0.1, -0.05) is 0 Å². The van der Waals surface area contributed by atoms with Crippen molar-refractivity contribution >= 4 is 0 Å². The molecule has 6 N–H and O–H groups in total. The number of rotatable bonds is 1. The molecule has 0 heterocycles. The normalized spacial score (nSPS) is 49.2. The molecule has 0 aromatic rings. The summed E-state index contributed by atoms with van der Waals surface area (Å²) in [5, 5.41) is 36.5. The summed E-state index contributed by atoms with van der Waals surface area (Å²) >= 11 is 0. The van der Waals surface area contributed by atoms with Crippen LogP contribution in [0.25, 0.3) is 0 Å². The van der Waals surface area contributed by atoms with Crippen molar-refractivity contribution in [3.63, 3.8) is 0 Å². The monoisotopic (exact) mass is 177 g/mol. The zero-order valence-electron chi connectivity index (χ0n) is 6.67. The molecule has 12 heavy (non-hydrogen) atoms. The van der Waals surface area contributed by atoms with Gasteiger partial charge in [0.15, 0.2) is 0 Å². The fraction of sp³-hybridized carbons (Fsp3) is 1.00. The number of nitrogens with two attached hydrogens (primary N) is 1. The van der Waals surface area contributed by atoms with E-state index in [1.165, 1.54) is 0 Å². The molecule has 1 saturated carbocycles. The third kappa shape index (κ3) is 1.60. The molecule has 0 radical (unpaired) electrons. The molecule has 0 spiro atoms. The molecule has 1 aliphatic rings. The molecule has 0 saturated heterocycles. The average molecular weight is 177 g/mol. The van der Waals surface area contributed by atoms with Gasteiger partial charge in [-0.2, -0.15) is 0 Å². The molecule has 5 heteroatoms. The molecule has 1 fully saturated rings. The Morgan fingerprint density at radius 2 is 1.67 bits per heavy atom. The second kappa shape index (κ2) is 3.68. The van der Waals surface area contributed by atoms with Gasteiger partial charge in [-0.3, -0.25) is 0 Å². The standard InChI is InChI=1S/C7H15NO4/c8-4-1-3(2-9)5(10)7(12)6(4)11/h3-7,9-12H,1-2,8H2/t3?,4-,5+,6?,7?/m0/s1. The van der Waals surface area contributed by atoms with Crippen molar-refractivity contribution in [2.45, 2.75) is 30.8 Å². The molecule has 1 aliphatic carbocycles. The first-order chi connectivity index (χ1) is 5.57. The quantitative estimate of drug-likeness (QED) is 0.302. The maximum Gasteiger partial charge on any atom is 0.108 e. The molecule has 0 aromatic heterocycles. The summed E-state index contributed by atoms with van der Waals surface area (Å²) in [5.74, 6) is -0.432. The second-order valence-electron chi connectivity index (χ2n) is 3.31. The maximum absolute atomic E-state index is 9.30. The SMILES string of the molecule is N[C@H]1CC(CO)[C@@H](O)C(O)C1O. The first-order valence-corrected chi connectivity index (χ1v) is 3.98. The van der Waals surface area contributed by atoms with Gasteiger partial charge in [-0.25, -0.2) is 0 Å². The molecule has 72 valence electrons. The number of aliphatic hydroxyl groups excluding tert-OH is 4. The summed E-state index contributed by atoms with van der Waals surface area (Å²) in [6.07, 6.45) is -3.09. The van der Waals surface area contributed by atoms with Gasteiger partial charge < -0.3 is 26.2 Å². The van der Waals surface area contributed by atoms with Crippen LogP contribution in [0.5, 0.6) is 0 Å². The van der Waals surface area contributed by atoms with E-state index in [0.29, 0.717) is 6.42 Å². The summed E-state index contributed by atoms with van der Waals surface area (Å²) in [5.41, 5.74) is 5.46. The van der Waals surface area contributed by atoms with Crippen molar-refractivity contribution < 1.29 is 20.4 Å². The van der Waals surface area contributed by atoms with Gasteiger partial charge in [0.1, 0.15) is 6.10 Å². The highest BCUT2D eigenvalue weighted by atomic mass is 16.4. The first kappa shape index (κ1) is 9.88. The zero-order valence-corrected chi connectivity index (χ0v) is 6.67. The molecule has 0 amide bonds. The zero-order chi connectivity index (χ0) is 9.30. The largest absolute Gasteiger partial charge is 0.396 e. The summed E-state index contributed by atoms with van der Waals surface area (Å²) in [4.78, 5) is 0. The molecular weight excluding hydrogens is 162 g/mol. The van der Waals surface area contributed by atoms with Crippen LogP contribution in [0, 0.1) is 5.92 Å². The van der Waals surface area contributed by atoms with Gasteiger partial charge in [0.05, 0.1) is 12.2 Å². The van der Waals surface area contributed by atoms with Crippen LogP contribution in [-0.2, 0) is 0 Å². The Labute approximate surface area is 70.4 Å². The smallest absolute Gasteiger partial charge is 0.108 e. The summed E-state index contributed by atoms with van der Waals surface area (Å²) in [6.45, 7) is -0.224. The Morgan fingerprint density at radius 3 is 2.17 bits per heavy atom. The van der Waals surface area contributed by atoms with Crippen LogP contribution in [0.1, 0.15) is 6.42 Å². The highest BCUT2D eigenvalue weighted by molar-refractivity contribution is 4.94. The van der Waals surface area contributed by atoms with E-state index < -0.39 is 30.3 Å². The summed E-state index contributed by atoms with van der Waals surface area (Å²) in [6, 6.07) is -0.569. The van der Waals surface area contributed by atoms with Crippen LogP contribution in [0.4, 0.5) is 0 Å². The lowest BCUT2D eigenvalue weighted by Crippen LogP contribution is -2.57. The molecular formula is C7H15NO4. The number of hydrogen-bond acceptors (Lipinski definition) is 5. The van der Waals surface area contributed by atoms with E-state index in [1.807, 2.05) is 0 Å². The van der Waals surface area contributed by atoms with Gasteiger partial charge in [-0.05, 0) is 6.42 Å². The average Bonchev–Trinajstić information content (AvgIpc) is 2.08. The van der Waals surface area contributed by atoms with E-state index in [0.717, 1.165) is 0 Å². The predicted molar refractivity (Wildman–Crippen MR) is 41.2 cm³/mol. The lowest BCUT2D eigenvalue weighted by molar-refractivity contribution is -0.125. The van der Waals surface area contributed by atoms with Crippen LogP contribution < -0.4 is 5.73 Å². The highest BCUT2D eigenvalue weighted by Gasteiger charge is 2.40. The van der Waals surface area contributed by atoms with E-state index in [4.69, 9.17) is 10.8 Å². The molecule has 1 rings (SSSR count). The molecule has 5 nitrogen and oxygen atoms in total. The number of aliphatic hydroxyl groups is 4. The molecule has 0 aliphatic heterocycles. The Balaban J connectivity index is 2.63. The maximum atomic E-state index is 9.30. The van der Waals surface area contributed by atoms with Crippen molar-refractivity contribution in [1.82, 2.24) is 0 Å². The Morgan fingerprint density at radius 1 is 1.08 bits per heavy atom. The topological polar surface area (TPSA) is 107 Å². The number of hydrogen-bond donors (Lipinski definition) is 5. The fourth-order valence-corrected chi connectivity index (χ4v) is 1.55. The predicted octanol–water partition coefficient (Wildman–Crippen LogP) is -2.59. The van der Waals surface area contributed by atoms with E-state index in [-0.39, 0.29) is 6.61 Å². The molecule has 5 atom stereocenters. The Bertz CT molecular complexity index is 150. The van der Waals surface area contributed by atoms with Gasteiger partial charge >= 0.3 is 0 Å². The van der Waals surface area contributed by atoms with Crippen LogP contribution in [0.15, 0.2) is 0 Å². The minimum Gasteiger partial charge on any atom is -0.396 e. The minimum atomic E-state index is -1.24. The third-order valence-electron chi connectivity index (χ3n) is 2.43. The van der Waals surface area contributed by atoms with Gasteiger partial charge in [0.2, 0.25) is 0 Å². The van der Waals surface area contributed by atoms with Gasteiger partial charge in [-0.15, -0.1) is 0 Å². The van der Waals surface area contributed by atoms with Crippen LogP contribution >= 0.6 is 0 Å². The van der Waals surface area contributed by atoms with Gasteiger partial charge in [0, 0.05) is 18.6 Å². The molecule has 0 aromatic carbocycles. The van der Waals surface area contributed by atoms with E-state index >= 15 is 0 Å². The van der Waals surface area contributed by atoms with Gasteiger partial charge in [0.25, 0.3) is 0 Å². The lowest BCUT2D eigenvalue weighted by Gasteiger charge is -2.38. The third-order valence-corrected chi connectivity index (χ3v) is 2.43. The van der Waals surface area contributed by atoms with E-state index in [1.54, 1.807) is 0 Å². The van der Waals surface area contributed by atoms with E-state index in [2.05, 4.69) is 0 Å². The molecule has 0 bridgehead atoms. The van der Waals surface area contributed by atoms with Crippen molar-refractivity contribution in [2.75, 3.05) is 6.61 Å². The lowest BCUT2D eigenvalue weighted by atomic mass is 9.80. The Kier molecular flexibility index (Phi) is 3.03. The van der Waals surface area contributed by atoms with Crippen molar-refractivity contribution in [2.24, 2.45) is 11.7 Å². The van der Waals surface area contributed by atoms with Crippen molar-refractivity contribution in [3.8, 4) is 0 Å². The van der Waals surface area contributed by atoms with Crippen LogP contribution in [-0.4, -0.2) is 51.4 Å². The highest BCUT2D eigenvalue weighted by Crippen LogP contribution is 2.24. The summed E-state index contributed by atoms with van der Waals surface area (Å²) in [7, 11) is 0. The Hall–Kier alpha value is -0.200.